The molecule has 68 valence electrons. The van der Waals surface area contributed by atoms with Crippen LogP contribution in [0.25, 0.3) is 0 Å². The average Bonchev–Trinajstić information content (AvgIpc) is 2.10. The minimum Gasteiger partial charge on any atom is -0.383 e. The number of rotatable bonds is 2. The van der Waals surface area contributed by atoms with Gasteiger partial charge >= 0.3 is 0 Å². The molecule has 1 heterocycles. The number of nitrogen functional groups attached to an aromatic ring is 1. The largest absolute Gasteiger partial charge is 0.383 e. The monoisotopic (exact) mass is 288 g/mol. The molecule has 13 heavy (non-hydrogen) atoms. The first-order valence-corrected chi connectivity index (χ1v) is 4.76. The summed E-state index contributed by atoms with van der Waals surface area (Å²) in [5.41, 5.74) is 12.1. The fraction of sp³-hybridized carbons (Fsp3) is 0.250. The second-order valence-corrected chi connectivity index (χ2v) is 3.77. The van der Waals surface area contributed by atoms with Crippen molar-refractivity contribution in [3.8, 4) is 6.07 Å². The third kappa shape index (κ3) is 2.54. The lowest BCUT2D eigenvalue weighted by Gasteiger charge is -2.08. The van der Waals surface area contributed by atoms with Crippen LogP contribution in [0, 0.1) is 14.9 Å². The Labute approximate surface area is 90.1 Å². The number of hydrogen-bond donors (Lipinski definition) is 2. The fourth-order valence-corrected chi connectivity index (χ4v) is 1.38. The zero-order valence-electron chi connectivity index (χ0n) is 6.87. The quantitative estimate of drug-likeness (QED) is 0.800. The predicted molar refractivity (Wildman–Crippen MR) is 58.5 cm³/mol. The van der Waals surface area contributed by atoms with Gasteiger partial charge in [0.15, 0.2) is 0 Å². The van der Waals surface area contributed by atoms with Crippen LogP contribution in [0.1, 0.15) is 18.0 Å². The third-order valence-corrected chi connectivity index (χ3v) is 2.49. The summed E-state index contributed by atoms with van der Waals surface area (Å²) in [4.78, 5) is 3.96. The van der Waals surface area contributed by atoms with Gasteiger partial charge in [0.2, 0.25) is 0 Å². The topological polar surface area (TPSA) is 88.7 Å². The zero-order chi connectivity index (χ0) is 9.84. The maximum absolute atomic E-state index is 8.44. The number of halogens is 1. The number of nitrogens with two attached hydrogens (primary N) is 2. The molecule has 0 unspecified atom stereocenters. The van der Waals surface area contributed by atoms with Crippen LogP contribution in [0.5, 0.6) is 0 Å². The van der Waals surface area contributed by atoms with Crippen LogP contribution in [0.3, 0.4) is 0 Å². The molecule has 1 aromatic rings. The summed E-state index contributed by atoms with van der Waals surface area (Å²) < 4.78 is 0.864. The van der Waals surface area contributed by atoms with Gasteiger partial charge in [0.25, 0.3) is 0 Å². The summed E-state index contributed by atoms with van der Waals surface area (Å²) in [5, 5.41) is 8.44. The molecule has 4 N–H and O–H groups in total. The van der Waals surface area contributed by atoms with E-state index in [0.717, 1.165) is 9.13 Å². The Hall–Kier alpha value is -0.870. The lowest BCUT2D eigenvalue weighted by Crippen LogP contribution is -2.10. The maximum Gasteiger partial charge on any atom is 0.136 e. The minimum absolute atomic E-state index is 0.272. The molecule has 0 aliphatic carbocycles. The van der Waals surface area contributed by atoms with Crippen LogP contribution < -0.4 is 11.5 Å². The van der Waals surface area contributed by atoms with Gasteiger partial charge in [-0.3, -0.25) is 0 Å². The van der Waals surface area contributed by atoms with Crippen LogP contribution in [-0.2, 0) is 0 Å². The molecular formula is C8H9IN4. The van der Waals surface area contributed by atoms with E-state index in [9.17, 15) is 0 Å². The van der Waals surface area contributed by atoms with E-state index in [1.54, 1.807) is 6.20 Å². The lowest BCUT2D eigenvalue weighted by atomic mass is 10.1. The lowest BCUT2D eigenvalue weighted by molar-refractivity contribution is 0.743. The molecule has 0 bridgehead atoms. The van der Waals surface area contributed by atoms with Gasteiger partial charge in [-0.05, 0) is 34.2 Å². The second-order valence-electron chi connectivity index (χ2n) is 2.60. The van der Waals surface area contributed by atoms with Crippen molar-refractivity contribution in [2.45, 2.75) is 12.5 Å². The van der Waals surface area contributed by atoms with Gasteiger partial charge < -0.3 is 11.5 Å². The van der Waals surface area contributed by atoms with Gasteiger partial charge in [0.1, 0.15) is 5.82 Å². The van der Waals surface area contributed by atoms with E-state index in [4.69, 9.17) is 16.7 Å². The third-order valence-electron chi connectivity index (χ3n) is 1.63. The molecule has 0 fully saturated rings. The Morgan fingerprint density at radius 3 is 2.92 bits per heavy atom. The summed E-state index contributed by atoms with van der Waals surface area (Å²) in [6.07, 6.45) is 1.90. The Kier molecular flexibility index (Phi) is 3.45. The molecule has 4 nitrogen and oxygen atoms in total. The van der Waals surface area contributed by atoms with Gasteiger partial charge in [-0.1, -0.05) is 0 Å². The zero-order valence-corrected chi connectivity index (χ0v) is 9.02. The first kappa shape index (κ1) is 10.2. The summed E-state index contributed by atoms with van der Waals surface area (Å²) in [5.74, 6) is 0.494. The number of pyridine rings is 1. The van der Waals surface area contributed by atoms with Crippen molar-refractivity contribution in [2.24, 2.45) is 5.73 Å². The number of nitrogens with zero attached hydrogens (tertiary/aromatic N) is 2. The van der Waals surface area contributed by atoms with Crippen molar-refractivity contribution in [3.63, 3.8) is 0 Å². The van der Waals surface area contributed by atoms with E-state index in [-0.39, 0.29) is 6.04 Å². The van der Waals surface area contributed by atoms with Crippen LogP contribution in [-0.4, -0.2) is 4.98 Å². The van der Waals surface area contributed by atoms with Crippen molar-refractivity contribution in [3.05, 3.63) is 21.4 Å². The van der Waals surface area contributed by atoms with Gasteiger partial charge in [-0.25, -0.2) is 4.98 Å². The van der Waals surface area contributed by atoms with E-state index in [1.165, 1.54) is 0 Å². The molecule has 1 aromatic heterocycles. The fourth-order valence-electron chi connectivity index (χ4n) is 0.882. The molecule has 0 radical (unpaired) electrons. The minimum atomic E-state index is -0.272. The average molecular weight is 288 g/mol. The van der Waals surface area contributed by atoms with Crippen molar-refractivity contribution in [2.75, 3.05) is 5.73 Å². The standard InChI is InChI=1S/C8H9IN4/c9-6-3-5(4-13-8(6)12)7(11)1-2-10/h3-4,7H,1,11H2,(H2,12,13)/t7-/m0/s1. The highest BCUT2D eigenvalue weighted by molar-refractivity contribution is 14.1. The molecular weight excluding hydrogens is 279 g/mol. The molecule has 0 amide bonds. The van der Waals surface area contributed by atoms with Crippen molar-refractivity contribution < 1.29 is 0 Å². The molecule has 0 aliphatic rings. The van der Waals surface area contributed by atoms with Gasteiger partial charge in [0.05, 0.1) is 16.1 Å². The Morgan fingerprint density at radius 1 is 1.69 bits per heavy atom. The van der Waals surface area contributed by atoms with Crippen LogP contribution >= 0.6 is 22.6 Å². The number of anilines is 1. The SMILES string of the molecule is N#CC[C@H](N)c1cnc(N)c(I)c1. The first-order valence-electron chi connectivity index (χ1n) is 3.68. The van der Waals surface area contributed by atoms with Crippen LogP contribution in [0.4, 0.5) is 5.82 Å². The molecule has 1 rings (SSSR count). The smallest absolute Gasteiger partial charge is 0.136 e. The highest BCUT2D eigenvalue weighted by Crippen LogP contribution is 2.18. The number of hydrogen-bond acceptors (Lipinski definition) is 4. The van der Waals surface area contributed by atoms with E-state index in [0.29, 0.717) is 12.2 Å². The number of nitriles is 1. The highest BCUT2D eigenvalue weighted by Gasteiger charge is 2.07. The Morgan fingerprint density at radius 2 is 2.38 bits per heavy atom. The number of aromatic nitrogens is 1. The second kappa shape index (κ2) is 4.39. The summed E-state index contributed by atoms with van der Waals surface area (Å²) in [6, 6.07) is 3.59. The summed E-state index contributed by atoms with van der Waals surface area (Å²) in [7, 11) is 0. The predicted octanol–water partition coefficient (Wildman–Crippen LogP) is 1.18. The van der Waals surface area contributed by atoms with Gasteiger partial charge in [-0.2, -0.15) is 5.26 Å². The van der Waals surface area contributed by atoms with Crippen LogP contribution in [0.2, 0.25) is 0 Å². The molecule has 0 saturated carbocycles. The maximum atomic E-state index is 8.44. The van der Waals surface area contributed by atoms with E-state index >= 15 is 0 Å². The highest BCUT2D eigenvalue weighted by atomic mass is 127. The van der Waals surface area contributed by atoms with E-state index in [1.807, 2.05) is 12.1 Å². The first-order chi connectivity index (χ1) is 6.15. The molecule has 0 aromatic carbocycles. The van der Waals surface area contributed by atoms with Crippen LogP contribution in [0.15, 0.2) is 12.3 Å². The van der Waals surface area contributed by atoms with Crippen molar-refractivity contribution in [1.82, 2.24) is 4.98 Å². The van der Waals surface area contributed by atoms with E-state index in [2.05, 4.69) is 27.6 Å². The Bertz CT molecular complexity index is 344. The molecule has 5 heteroatoms. The van der Waals surface area contributed by atoms with E-state index < -0.39 is 0 Å². The summed E-state index contributed by atoms with van der Waals surface area (Å²) >= 11 is 2.09. The van der Waals surface area contributed by atoms with Crippen molar-refractivity contribution >= 4 is 28.4 Å². The van der Waals surface area contributed by atoms with Gasteiger partial charge in [0, 0.05) is 12.2 Å². The van der Waals surface area contributed by atoms with Crippen molar-refractivity contribution in [1.29, 1.82) is 5.26 Å². The molecule has 0 spiro atoms. The van der Waals surface area contributed by atoms with Gasteiger partial charge in [-0.15, -0.1) is 0 Å². The normalized spacial score (nSPS) is 12.1. The molecule has 1 atom stereocenters. The molecule has 0 aliphatic heterocycles. The molecule has 0 saturated heterocycles. The summed E-state index contributed by atoms with van der Waals surface area (Å²) in [6.45, 7) is 0. The Balaban J connectivity index is 2.91.